The quantitative estimate of drug-likeness (QED) is 0.590. The number of carboxylic acid groups (broad SMARTS) is 1. The lowest BCUT2D eigenvalue weighted by Gasteiger charge is -2.36. The highest BCUT2D eigenvalue weighted by atomic mass is 16.5. The Labute approximate surface area is 194 Å². The van der Waals surface area contributed by atoms with Crippen molar-refractivity contribution >= 4 is 17.4 Å². The maximum atomic E-state index is 12.4. The molecule has 1 aliphatic carbocycles. The van der Waals surface area contributed by atoms with Crippen molar-refractivity contribution in [2.75, 3.05) is 18.0 Å². The summed E-state index contributed by atoms with van der Waals surface area (Å²) in [5, 5.41) is 15.1. The average Bonchev–Trinajstić information content (AvgIpc) is 3.38. The summed E-state index contributed by atoms with van der Waals surface area (Å²) in [5.74, 6) is -0.214. The Morgan fingerprint density at radius 2 is 1.79 bits per heavy atom. The van der Waals surface area contributed by atoms with Crippen LogP contribution in [0, 0.1) is 12.3 Å². The minimum Gasteiger partial charge on any atom is -0.479 e. The van der Waals surface area contributed by atoms with Crippen LogP contribution in [0.3, 0.4) is 0 Å². The number of aliphatic carboxylic acids is 1. The highest BCUT2D eigenvalue weighted by molar-refractivity contribution is 5.79. The maximum Gasteiger partial charge on any atom is 0.337 e. The van der Waals surface area contributed by atoms with Crippen LogP contribution in [-0.4, -0.2) is 44.4 Å². The van der Waals surface area contributed by atoms with Crippen molar-refractivity contribution in [1.82, 2.24) is 14.6 Å². The molecule has 7 nitrogen and oxygen atoms in total. The molecule has 2 aromatic heterocycles. The largest absolute Gasteiger partial charge is 0.479 e. The van der Waals surface area contributed by atoms with Crippen LogP contribution in [0.5, 0.6) is 0 Å². The molecular formula is C26H32N4O3. The molecule has 0 radical (unpaired) electrons. The molecule has 174 valence electrons. The van der Waals surface area contributed by atoms with Crippen molar-refractivity contribution < 1.29 is 14.6 Å². The van der Waals surface area contributed by atoms with Gasteiger partial charge in [-0.3, -0.25) is 0 Å². The summed E-state index contributed by atoms with van der Waals surface area (Å²) in [6, 6.07) is 12.0. The van der Waals surface area contributed by atoms with Gasteiger partial charge in [0.2, 0.25) is 0 Å². The number of piperidine rings is 1. The van der Waals surface area contributed by atoms with Crippen LogP contribution in [0.4, 0.5) is 5.82 Å². The third-order valence-corrected chi connectivity index (χ3v) is 6.91. The Bertz CT molecular complexity index is 1180. The maximum absolute atomic E-state index is 12.4. The van der Waals surface area contributed by atoms with Crippen molar-refractivity contribution in [3.05, 3.63) is 47.7 Å². The molecule has 5 rings (SSSR count). The van der Waals surface area contributed by atoms with E-state index in [4.69, 9.17) is 14.8 Å². The van der Waals surface area contributed by atoms with Gasteiger partial charge in [-0.1, -0.05) is 30.3 Å². The van der Waals surface area contributed by atoms with Gasteiger partial charge in [-0.2, -0.15) is 9.61 Å². The third-order valence-electron chi connectivity index (χ3n) is 6.91. The van der Waals surface area contributed by atoms with Crippen molar-refractivity contribution in [2.24, 2.45) is 5.41 Å². The number of hydrogen-bond acceptors (Lipinski definition) is 5. The van der Waals surface area contributed by atoms with Crippen molar-refractivity contribution in [1.29, 1.82) is 0 Å². The Balaban J connectivity index is 1.69. The summed E-state index contributed by atoms with van der Waals surface area (Å²) in [7, 11) is 0. The summed E-state index contributed by atoms with van der Waals surface area (Å²) in [5.41, 5.74) is 3.69. The lowest BCUT2D eigenvalue weighted by molar-refractivity contribution is -0.160. The molecule has 2 fully saturated rings. The number of aromatic nitrogens is 3. The van der Waals surface area contributed by atoms with E-state index >= 15 is 0 Å². The van der Waals surface area contributed by atoms with Crippen LogP contribution in [-0.2, 0) is 9.53 Å². The Morgan fingerprint density at radius 3 is 2.36 bits per heavy atom. The van der Waals surface area contributed by atoms with Crippen molar-refractivity contribution in [2.45, 2.75) is 65.1 Å². The van der Waals surface area contributed by atoms with E-state index in [1.807, 2.05) is 68.6 Å². The Kier molecular flexibility index (Phi) is 5.20. The molecule has 3 aromatic rings. The molecule has 3 heterocycles. The molecule has 1 saturated carbocycles. The summed E-state index contributed by atoms with van der Waals surface area (Å²) in [6.45, 7) is 9.28. The molecule has 0 amide bonds. The Morgan fingerprint density at radius 1 is 1.12 bits per heavy atom. The van der Waals surface area contributed by atoms with Gasteiger partial charge in [0.15, 0.2) is 11.8 Å². The second kappa shape index (κ2) is 7.83. The number of carboxylic acids is 1. The molecule has 7 heteroatoms. The monoisotopic (exact) mass is 448 g/mol. The molecule has 2 aliphatic rings. The van der Waals surface area contributed by atoms with Gasteiger partial charge < -0.3 is 14.7 Å². The first-order valence-corrected chi connectivity index (χ1v) is 11.8. The number of fused-ring (bicyclic) bond motifs is 1. The molecule has 1 N–H and O–H groups in total. The predicted molar refractivity (Wildman–Crippen MR) is 127 cm³/mol. The van der Waals surface area contributed by atoms with E-state index in [9.17, 15) is 9.90 Å². The van der Waals surface area contributed by atoms with Gasteiger partial charge in [-0.25, -0.2) is 9.78 Å². The van der Waals surface area contributed by atoms with Crippen LogP contribution < -0.4 is 4.90 Å². The average molecular weight is 449 g/mol. The number of nitrogens with zero attached hydrogens (tertiary/aromatic N) is 4. The summed E-state index contributed by atoms with van der Waals surface area (Å²) >= 11 is 0. The van der Waals surface area contributed by atoms with Crippen LogP contribution in [0.15, 0.2) is 36.4 Å². The third kappa shape index (κ3) is 4.22. The van der Waals surface area contributed by atoms with Gasteiger partial charge in [0.1, 0.15) is 5.82 Å². The minimum absolute atomic E-state index is 0.505. The molecule has 1 spiro atoms. The van der Waals surface area contributed by atoms with Crippen LogP contribution >= 0.6 is 0 Å². The van der Waals surface area contributed by atoms with E-state index in [2.05, 4.69) is 4.90 Å². The lowest BCUT2D eigenvalue weighted by Crippen LogP contribution is -2.38. The lowest BCUT2D eigenvalue weighted by atomic mass is 9.93. The number of hydrogen-bond donors (Lipinski definition) is 1. The molecule has 0 bridgehead atoms. The second-order valence-electron chi connectivity index (χ2n) is 10.5. The van der Waals surface area contributed by atoms with Gasteiger partial charge in [0, 0.05) is 30.4 Å². The fourth-order valence-corrected chi connectivity index (χ4v) is 4.93. The van der Waals surface area contributed by atoms with E-state index in [1.165, 1.54) is 12.8 Å². The number of carbonyl (C=O) groups is 1. The summed E-state index contributed by atoms with van der Waals surface area (Å²) in [6.07, 6.45) is 3.74. The van der Waals surface area contributed by atoms with E-state index < -0.39 is 17.7 Å². The highest BCUT2D eigenvalue weighted by Gasteiger charge is 2.45. The first-order chi connectivity index (χ1) is 15.7. The molecule has 1 aromatic carbocycles. The first kappa shape index (κ1) is 21.9. The zero-order chi connectivity index (χ0) is 23.4. The minimum atomic E-state index is -1.13. The number of anilines is 1. The fourth-order valence-electron chi connectivity index (χ4n) is 4.93. The SMILES string of the molecule is Cc1nc2cc(-c3ccccc3)nn2c(N2CCC3(CC2)CC3)c1[C@H](OC(C)(C)C)C(=O)O. The van der Waals surface area contributed by atoms with E-state index in [0.29, 0.717) is 16.7 Å². The molecule has 33 heavy (non-hydrogen) atoms. The van der Waals surface area contributed by atoms with Gasteiger partial charge in [-0.05, 0) is 58.8 Å². The fraction of sp³-hybridized carbons (Fsp3) is 0.500. The standard InChI is InChI=1S/C26H32N4O3/c1-17-21(22(24(31)32)33-25(2,3)4)23(29-14-12-26(10-11-26)13-15-29)30-20(27-17)16-19(28-30)18-8-6-5-7-9-18/h5-9,16,22H,10-15H2,1-4H3,(H,31,32)/t22-/m0/s1. The normalized spacial score (nSPS) is 18.6. The van der Waals surface area contributed by atoms with E-state index in [-0.39, 0.29) is 0 Å². The van der Waals surface area contributed by atoms with Crippen LogP contribution in [0.25, 0.3) is 16.9 Å². The highest BCUT2D eigenvalue weighted by Crippen LogP contribution is 2.54. The van der Waals surface area contributed by atoms with Gasteiger partial charge in [-0.15, -0.1) is 0 Å². The zero-order valence-electron chi connectivity index (χ0n) is 19.8. The number of ether oxygens (including phenoxy) is 1. The van der Waals surface area contributed by atoms with Gasteiger partial charge in [0.25, 0.3) is 0 Å². The summed E-state index contributed by atoms with van der Waals surface area (Å²) in [4.78, 5) is 19.5. The topological polar surface area (TPSA) is 80.0 Å². The molecule has 0 unspecified atom stereocenters. The number of benzene rings is 1. The molecular weight excluding hydrogens is 416 g/mol. The van der Waals surface area contributed by atoms with E-state index in [1.54, 1.807) is 0 Å². The predicted octanol–water partition coefficient (Wildman–Crippen LogP) is 5.03. The molecule has 1 saturated heterocycles. The second-order valence-corrected chi connectivity index (χ2v) is 10.5. The van der Waals surface area contributed by atoms with Crippen LogP contribution in [0.2, 0.25) is 0 Å². The van der Waals surface area contributed by atoms with Crippen molar-refractivity contribution in [3.8, 4) is 11.3 Å². The molecule has 1 atom stereocenters. The van der Waals surface area contributed by atoms with E-state index in [0.717, 1.165) is 48.7 Å². The zero-order valence-corrected chi connectivity index (χ0v) is 19.8. The molecule has 1 aliphatic heterocycles. The Hall–Kier alpha value is -2.93. The van der Waals surface area contributed by atoms with Gasteiger partial charge in [0.05, 0.1) is 16.9 Å². The van der Waals surface area contributed by atoms with Crippen LogP contribution in [0.1, 0.15) is 63.8 Å². The summed E-state index contributed by atoms with van der Waals surface area (Å²) < 4.78 is 7.91. The van der Waals surface area contributed by atoms with Crippen molar-refractivity contribution in [3.63, 3.8) is 0 Å². The first-order valence-electron chi connectivity index (χ1n) is 11.8. The smallest absolute Gasteiger partial charge is 0.337 e. The number of rotatable bonds is 5. The van der Waals surface area contributed by atoms with Gasteiger partial charge >= 0.3 is 5.97 Å². The number of aryl methyl sites for hydroxylation is 1.